The zero-order valence-corrected chi connectivity index (χ0v) is 15.6. The molecule has 1 unspecified atom stereocenters. The highest BCUT2D eigenvalue weighted by Crippen LogP contribution is 2.34. The molecule has 1 heterocycles. The van der Waals surface area contributed by atoms with Gasteiger partial charge < -0.3 is 11.1 Å². The Morgan fingerprint density at radius 3 is 2.55 bits per heavy atom. The van der Waals surface area contributed by atoms with E-state index >= 15 is 0 Å². The monoisotopic (exact) mass is 467 g/mol. The Balaban J connectivity index is 1.95. The summed E-state index contributed by atoms with van der Waals surface area (Å²) < 4.78 is 2.63. The quantitative estimate of drug-likeness (QED) is 0.712. The van der Waals surface area contributed by atoms with E-state index in [-0.39, 0.29) is 5.91 Å². The van der Waals surface area contributed by atoms with E-state index < -0.39 is 0 Å². The van der Waals surface area contributed by atoms with Crippen molar-refractivity contribution < 1.29 is 4.79 Å². The van der Waals surface area contributed by atoms with Gasteiger partial charge in [0.15, 0.2) is 0 Å². The van der Waals surface area contributed by atoms with E-state index in [0.717, 1.165) is 38.6 Å². The van der Waals surface area contributed by atoms with Gasteiger partial charge in [0.1, 0.15) is 0 Å². The molecule has 0 bridgehead atoms. The van der Waals surface area contributed by atoms with E-state index in [1.807, 2.05) is 12.1 Å². The maximum Gasteiger partial charge on any atom is 0.238 e. The number of nitrogens with two attached hydrogens (primary N) is 1. The lowest BCUT2D eigenvalue weighted by Gasteiger charge is -2.16. The van der Waals surface area contributed by atoms with Crippen LogP contribution in [0.2, 0.25) is 0 Å². The Hall–Kier alpha value is 0.0500. The molecule has 110 valence electrons. The fraction of sp³-hybridized carbons (Fsp3) is 0.462. The average molecular weight is 470 g/mol. The summed E-state index contributed by atoms with van der Waals surface area (Å²) in [6.45, 7) is 2.96. The van der Waals surface area contributed by atoms with Crippen molar-refractivity contribution >= 4 is 59.4 Å². The van der Waals surface area contributed by atoms with Gasteiger partial charge in [0.25, 0.3) is 0 Å². The van der Waals surface area contributed by atoms with E-state index in [9.17, 15) is 4.79 Å². The molecule has 1 fully saturated rings. The second kappa shape index (κ2) is 7.35. The first kappa shape index (κ1) is 16.4. The van der Waals surface area contributed by atoms with Gasteiger partial charge in [-0.15, -0.1) is 0 Å². The number of carbonyl (C=O) groups is 1. The van der Waals surface area contributed by atoms with Crippen LogP contribution in [-0.2, 0) is 4.79 Å². The molecule has 1 atom stereocenters. The molecule has 1 amide bonds. The summed E-state index contributed by atoms with van der Waals surface area (Å²) in [5, 5.41) is 2.94. The molecule has 1 aromatic carbocycles. The molecule has 0 spiro atoms. The van der Waals surface area contributed by atoms with Gasteiger partial charge in [-0.05, 0) is 69.4 Å². The van der Waals surface area contributed by atoms with Crippen LogP contribution >= 0.6 is 47.8 Å². The van der Waals surface area contributed by atoms with Gasteiger partial charge in [0.05, 0.1) is 12.2 Å². The summed E-state index contributed by atoms with van der Waals surface area (Å²) in [7, 11) is 0. The molecule has 2 rings (SSSR count). The van der Waals surface area contributed by atoms with Crippen molar-refractivity contribution in [2.24, 2.45) is 11.7 Å². The van der Waals surface area contributed by atoms with Crippen LogP contribution in [0.4, 0.5) is 5.69 Å². The Morgan fingerprint density at radius 2 is 2.00 bits per heavy atom. The van der Waals surface area contributed by atoms with Crippen molar-refractivity contribution in [1.29, 1.82) is 0 Å². The molecule has 0 saturated carbocycles. The van der Waals surface area contributed by atoms with Crippen LogP contribution in [0.5, 0.6) is 0 Å². The zero-order chi connectivity index (χ0) is 14.7. The number of halogens is 3. The van der Waals surface area contributed by atoms with Gasteiger partial charge in [-0.25, -0.2) is 0 Å². The second-order valence-electron chi connectivity index (χ2n) is 4.92. The molecule has 3 N–H and O–H groups in total. The Labute approximate surface area is 143 Å². The van der Waals surface area contributed by atoms with Gasteiger partial charge in [-0.1, -0.05) is 15.9 Å². The lowest BCUT2D eigenvalue weighted by atomic mass is 10.1. The third-order valence-corrected chi connectivity index (χ3v) is 5.05. The first-order valence-corrected chi connectivity index (χ1v) is 8.74. The van der Waals surface area contributed by atoms with E-state index in [1.165, 1.54) is 0 Å². The number of hydrogen-bond acceptors (Lipinski definition) is 3. The van der Waals surface area contributed by atoms with Crippen molar-refractivity contribution in [2.45, 2.75) is 6.42 Å². The third-order valence-electron chi connectivity index (χ3n) is 3.34. The van der Waals surface area contributed by atoms with Gasteiger partial charge in [0.2, 0.25) is 5.91 Å². The van der Waals surface area contributed by atoms with Gasteiger partial charge >= 0.3 is 0 Å². The van der Waals surface area contributed by atoms with Crippen molar-refractivity contribution in [3.8, 4) is 0 Å². The maximum absolute atomic E-state index is 12.1. The number of amides is 1. The van der Waals surface area contributed by atoms with Crippen molar-refractivity contribution in [3.05, 3.63) is 25.6 Å². The normalized spacial score (nSPS) is 19.3. The third kappa shape index (κ3) is 4.27. The van der Waals surface area contributed by atoms with Crippen molar-refractivity contribution in [2.75, 3.05) is 31.5 Å². The number of nitrogens with zero attached hydrogens (tertiary/aromatic N) is 1. The fourth-order valence-electron chi connectivity index (χ4n) is 2.29. The lowest BCUT2D eigenvalue weighted by Crippen LogP contribution is -2.32. The van der Waals surface area contributed by atoms with Gasteiger partial charge in [-0.3, -0.25) is 9.69 Å². The Morgan fingerprint density at radius 1 is 1.35 bits per heavy atom. The Bertz CT molecular complexity index is 487. The molecule has 1 aliphatic rings. The van der Waals surface area contributed by atoms with Crippen LogP contribution in [0, 0.1) is 5.92 Å². The summed E-state index contributed by atoms with van der Waals surface area (Å²) in [4.78, 5) is 14.3. The SMILES string of the molecule is NCC1CCN(CC(=O)Nc2c(Br)cc(Br)cc2Br)C1. The largest absolute Gasteiger partial charge is 0.330 e. The first-order valence-electron chi connectivity index (χ1n) is 6.36. The summed E-state index contributed by atoms with van der Waals surface area (Å²) in [6.07, 6.45) is 1.08. The highest BCUT2D eigenvalue weighted by atomic mass is 79.9. The van der Waals surface area contributed by atoms with Gasteiger partial charge in [0, 0.05) is 20.0 Å². The van der Waals surface area contributed by atoms with Gasteiger partial charge in [-0.2, -0.15) is 0 Å². The number of likely N-dealkylation sites (tertiary alicyclic amines) is 1. The second-order valence-corrected chi connectivity index (χ2v) is 7.54. The number of nitrogens with one attached hydrogen (secondary N) is 1. The predicted molar refractivity (Wildman–Crippen MR) is 91.8 cm³/mol. The minimum atomic E-state index is -0.00797. The smallest absolute Gasteiger partial charge is 0.238 e. The van der Waals surface area contributed by atoms with Crippen LogP contribution in [0.15, 0.2) is 25.6 Å². The van der Waals surface area contributed by atoms with E-state index in [1.54, 1.807) is 0 Å². The molecule has 20 heavy (non-hydrogen) atoms. The summed E-state index contributed by atoms with van der Waals surface area (Å²) in [6, 6.07) is 3.81. The number of carbonyl (C=O) groups excluding carboxylic acids is 1. The standard InChI is InChI=1S/C13H16Br3N3O/c14-9-3-10(15)13(11(16)4-9)18-12(20)7-19-2-1-8(5-17)6-19/h3-4,8H,1-2,5-7,17H2,(H,18,20). The molecule has 4 nitrogen and oxygen atoms in total. The highest BCUT2D eigenvalue weighted by molar-refractivity contribution is 9.11. The average Bonchev–Trinajstić information content (AvgIpc) is 2.81. The van der Waals surface area contributed by atoms with E-state index in [4.69, 9.17) is 5.73 Å². The molecule has 0 radical (unpaired) electrons. The molecule has 0 aliphatic carbocycles. The van der Waals surface area contributed by atoms with Crippen LogP contribution in [0.1, 0.15) is 6.42 Å². The Kier molecular flexibility index (Phi) is 6.04. The number of benzene rings is 1. The number of rotatable bonds is 4. The molecule has 1 aliphatic heterocycles. The molecule has 1 aromatic rings. The number of anilines is 1. The van der Waals surface area contributed by atoms with E-state index in [2.05, 4.69) is 58.0 Å². The molecular formula is C13H16Br3N3O. The maximum atomic E-state index is 12.1. The molecule has 1 saturated heterocycles. The first-order chi connectivity index (χ1) is 9.49. The minimum Gasteiger partial charge on any atom is -0.330 e. The highest BCUT2D eigenvalue weighted by Gasteiger charge is 2.23. The van der Waals surface area contributed by atoms with Crippen LogP contribution < -0.4 is 11.1 Å². The van der Waals surface area contributed by atoms with Crippen LogP contribution in [0.25, 0.3) is 0 Å². The summed E-state index contributed by atoms with van der Waals surface area (Å²) >= 11 is 10.3. The zero-order valence-electron chi connectivity index (χ0n) is 10.8. The summed E-state index contributed by atoms with van der Waals surface area (Å²) in [5.74, 6) is 0.514. The topological polar surface area (TPSA) is 58.4 Å². The van der Waals surface area contributed by atoms with Crippen molar-refractivity contribution in [3.63, 3.8) is 0 Å². The number of hydrogen-bond donors (Lipinski definition) is 2. The lowest BCUT2D eigenvalue weighted by molar-refractivity contribution is -0.117. The molecule has 0 aromatic heterocycles. The predicted octanol–water partition coefficient (Wildman–Crippen LogP) is 3.19. The fourth-order valence-corrected chi connectivity index (χ4v) is 4.75. The molecular weight excluding hydrogens is 454 g/mol. The van der Waals surface area contributed by atoms with Crippen LogP contribution in [-0.4, -0.2) is 37.0 Å². The molecule has 7 heteroatoms. The van der Waals surface area contributed by atoms with Crippen molar-refractivity contribution in [1.82, 2.24) is 4.90 Å². The minimum absolute atomic E-state index is 0.00797. The summed E-state index contributed by atoms with van der Waals surface area (Å²) in [5.41, 5.74) is 6.42. The van der Waals surface area contributed by atoms with E-state index in [0.29, 0.717) is 19.0 Å². The van der Waals surface area contributed by atoms with Crippen LogP contribution in [0.3, 0.4) is 0 Å².